The van der Waals surface area contributed by atoms with E-state index < -0.39 is 0 Å². The molecule has 0 spiro atoms. The van der Waals surface area contributed by atoms with Crippen LogP contribution in [0.3, 0.4) is 0 Å². The van der Waals surface area contributed by atoms with Crippen LogP contribution in [-0.4, -0.2) is 37.1 Å². The number of methoxy groups -OCH3 is 1. The Labute approximate surface area is 158 Å². The van der Waals surface area contributed by atoms with Crippen LogP contribution in [0.1, 0.15) is 10.4 Å². The average molecular weight is 369 g/mol. The van der Waals surface area contributed by atoms with E-state index in [4.69, 9.17) is 4.74 Å². The first kappa shape index (κ1) is 18.4. The molecule has 0 radical (unpaired) electrons. The first-order chi connectivity index (χ1) is 12.7. The fourth-order valence-electron chi connectivity index (χ4n) is 2.90. The fourth-order valence-corrected chi connectivity index (χ4v) is 3.74. The second-order valence-electron chi connectivity index (χ2n) is 6.33. The van der Waals surface area contributed by atoms with Gasteiger partial charge in [0.05, 0.1) is 12.8 Å². The number of H-pyrrole nitrogens is 1. The zero-order chi connectivity index (χ0) is 18.4. The molecule has 0 unspecified atom stereocenters. The van der Waals surface area contributed by atoms with E-state index in [-0.39, 0.29) is 4.87 Å². The van der Waals surface area contributed by atoms with Crippen LogP contribution < -0.4 is 9.61 Å². The van der Waals surface area contributed by atoms with Crippen LogP contribution in [-0.2, 0) is 12.8 Å². The highest BCUT2D eigenvalue weighted by atomic mass is 32.1. The van der Waals surface area contributed by atoms with Crippen molar-refractivity contribution >= 4 is 11.3 Å². The van der Waals surface area contributed by atoms with E-state index in [1.54, 1.807) is 7.11 Å². The molecule has 136 valence electrons. The zero-order valence-electron chi connectivity index (χ0n) is 15.2. The van der Waals surface area contributed by atoms with Crippen molar-refractivity contribution in [2.45, 2.75) is 12.8 Å². The van der Waals surface area contributed by atoms with Gasteiger partial charge in [-0.3, -0.25) is 4.79 Å². The van der Waals surface area contributed by atoms with Gasteiger partial charge in [0.1, 0.15) is 5.75 Å². The largest absolute Gasteiger partial charge is 0.497 e. The van der Waals surface area contributed by atoms with Gasteiger partial charge in [-0.05, 0) is 55.3 Å². The molecular weight excluding hydrogens is 344 g/mol. The van der Waals surface area contributed by atoms with Gasteiger partial charge in [-0.15, -0.1) is 0 Å². The molecule has 2 aromatic carbocycles. The lowest BCUT2D eigenvalue weighted by atomic mass is 10.1. The lowest BCUT2D eigenvalue weighted by molar-refractivity contribution is 0.344. The molecule has 0 atom stereocenters. The maximum atomic E-state index is 11.9. The SMILES string of the molecule is COc1ccc(-c2[nH]c(=O)sc2CCN(C)CCc2ccccc2)cc1. The van der Waals surface area contributed by atoms with Crippen LogP contribution in [0.4, 0.5) is 0 Å². The molecular formula is C21H24N2O2S. The number of aromatic nitrogens is 1. The molecule has 0 aliphatic rings. The van der Waals surface area contributed by atoms with Crippen LogP contribution in [0.25, 0.3) is 11.3 Å². The number of nitrogens with zero attached hydrogens (tertiary/aromatic N) is 1. The fraction of sp³-hybridized carbons (Fsp3) is 0.286. The summed E-state index contributed by atoms with van der Waals surface area (Å²) >= 11 is 1.31. The number of likely N-dealkylation sites (N-methyl/N-ethyl adjacent to an activating group) is 1. The van der Waals surface area contributed by atoms with Crippen molar-refractivity contribution in [2.24, 2.45) is 0 Å². The number of aromatic amines is 1. The summed E-state index contributed by atoms with van der Waals surface area (Å²) in [7, 11) is 3.78. The van der Waals surface area contributed by atoms with Gasteiger partial charge in [-0.1, -0.05) is 41.7 Å². The molecule has 1 aromatic heterocycles. The third-order valence-corrected chi connectivity index (χ3v) is 5.39. The molecule has 0 fully saturated rings. The first-order valence-corrected chi connectivity index (χ1v) is 9.56. The van der Waals surface area contributed by atoms with E-state index >= 15 is 0 Å². The third-order valence-electron chi connectivity index (χ3n) is 4.45. The predicted molar refractivity (Wildman–Crippen MR) is 108 cm³/mol. The Kier molecular flexibility index (Phi) is 6.26. The van der Waals surface area contributed by atoms with E-state index in [1.165, 1.54) is 16.9 Å². The Balaban J connectivity index is 1.61. The minimum absolute atomic E-state index is 0.00208. The van der Waals surface area contributed by atoms with Gasteiger partial charge in [0.15, 0.2) is 0 Å². The second kappa shape index (κ2) is 8.83. The summed E-state index contributed by atoms with van der Waals surface area (Å²) < 4.78 is 5.21. The Morgan fingerprint density at radius 1 is 1.00 bits per heavy atom. The van der Waals surface area contributed by atoms with Crippen molar-refractivity contribution in [1.29, 1.82) is 0 Å². The van der Waals surface area contributed by atoms with Gasteiger partial charge >= 0.3 is 4.87 Å². The van der Waals surface area contributed by atoms with Crippen molar-refractivity contribution in [1.82, 2.24) is 9.88 Å². The molecule has 5 heteroatoms. The Bertz CT molecular complexity index is 869. The molecule has 26 heavy (non-hydrogen) atoms. The number of hydrogen-bond donors (Lipinski definition) is 1. The highest BCUT2D eigenvalue weighted by Gasteiger charge is 2.11. The molecule has 0 amide bonds. The minimum atomic E-state index is -0.00208. The van der Waals surface area contributed by atoms with Gasteiger partial charge in [0.25, 0.3) is 0 Å². The summed E-state index contributed by atoms with van der Waals surface area (Å²) in [5.41, 5.74) is 3.30. The number of hydrogen-bond acceptors (Lipinski definition) is 4. The van der Waals surface area contributed by atoms with Gasteiger partial charge in [-0.2, -0.15) is 0 Å². The molecule has 0 saturated heterocycles. The Morgan fingerprint density at radius 3 is 2.38 bits per heavy atom. The topological polar surface area (TPSA) is 45.3 Å². The van der Waals surface area contributed by atoms with Crippen LogP contribution in [0, 0.1) is 0 Å². The monoisotopic (exact) mass is 368 g/mol. The summed E-state index contributed by atoms with van der Waals surface area (Å²) in [5.74, 6) is 0.813. The number of nitrogens with one attached hydrogen (secondary N) is 1. The normalized spacial score (nSPS) is 11.0. The quantitative estimate of drug-likeness (QED) is 0.657. The minimum Gasteiger partial charge on any atom is -0.497 e. The van der Waals surface area contributed by atoms with Crippen molar-refractivity contribution in [2.75, 3.05) is 27.2 Å². The molecule has 1 N–H and O–H groups in total. The highest BCUT2D eigenvalue weighted by Crippen LogP contribution is 2.25. The molecule has 0 aliphatic carbocycles. The standard InChI is InChI=1S/C21H24N2O2S/c1-23(14-12-16-6-4-3-5-7-16)15-13-19-20(22-21(24)26-19)17-8-10-18(25-2)11-9-17/h3-11H,12-15H2,1-2H3,(H,22,24). The van der Waals surface area contributed by atoms with Crippen LogP contribution in [0.15, 0.2) is 59.4 Å². The van der Waals surface area contributed by atoms with Gasteiger partial charge < -0.3 is 14.6 Å². The maximum Gasteiger partial charge on any atom is 0.305 e. The van der Waals surface area contributed by atoms with Gasteiger partial charge in [-0.25, -0.2) is 0 Å². The number of ether oxygens (including phenoxy) is 1. The van der Waals surface area contributed by atoms with Crippen molar-refractivity contribution in [3.8, 4) is 17.0 Å². The summed E-state index contributed by atoms with van der Waals surface area (Å²) in [6, 6.07) is 18.3. The Morgan fingerprint density at radius 2 is 1.69 bits per heavy atom. The summed E-state index contributed by atoms with van der Waals surface area (Å²) in [6.07, 6.45) is 1.89. The lowest BCUT2D eigenvalue weighted by Crippen LogP contribution is -2.23. The molecule has 1 heterocycles. The van der Waals surface area contributed by atoms with Crippen molar-refractivity contribution in [3.05, 3.63) is 74.7 Å². The summed E-state index contributed by atoms with van der Waals surface area (Å²) in [5, 5.41) is 0. The molecule has 0 aliphatic heterocycles. The first-order valence-electron chi connectivity index (χ1n) is 8.74. The molecule has 0 bridgehead atoms. The van der Waals surface area contributed by atoms with Gasteiger partial charge in [0.2, 0.25) is 0 Å². The van der Waals surface area contributed by atoms with Crippen LogP contribution in [0.2, 0.25) is 0 Å². The molecule has 3 rings (SSSR count). The number of benzene rings is 2. The number of rotatable bonds is 8. The molecule has 3 aromatic rings. The lowest BCUT2D eigenvalue weighted by Gasteiger charge is -2.16. The summed E-state index contributed by atoms with van der Waals surface area (Å²) in [6.45, 7) is 1.92. The van der Waals surface area contributed by atoms with E-state index in [1.807, 2.05) is 30.3 Å². The smallest absolute Gasteiger partial charge is 0.305 e. The maximum absolute atomic E-state index is 11.9. The average Bonchev–Trinajstić information content (AvgIpc) is 3.06. The van der Waals surface area contributed by atoms with E-state index in [0.717, 1.165) is 47.8 Å². The highest BCUT2D eigenvalue weighted by molar-refractivity contribution is 7.09. The third kappa shape index (κ3) is 4.84. The number of thiazole rings is 1. The van der Waals surface area contributed by atoms with E-state index in [2.05, 4.69) is 41.2 Å². The van der Waals surface area contributed by atoms with Crippen LogP contribution in [0.5, 0.6) is 5.75 Å². The molecule has 4 nitrogen and oxygen atoms in total. The Hall–Kier alpha value is -2.37. The van der Waals surface area contributed by atoms with E-state index in [0.29, 0.717) is 0 Å². The van der Waals surface area contributed by atoms with Crippen molar-refractivity contribution in [3.63, 3.8) is 0 Å². The second-order valence-corrected chi connectivity index (χ2v) is 7.40. The molecule has 0 saturated carbocycles. The summed E-state index contributed by atoms with van der Waals surface area (Å²) in [4.78, 5) is 18.3. The predicted octanol–water partition coefficient (Wildman–Crippen LogP) is 3.83. The van der Waals surface area contributed by atoms with Crippen molar-refractivity contribution < 1.29 is 4.74 Å². The van der Waals surface area contributed by atoms with E-state index in [9.17, 15) is 4.79 Å². The zero-order valence-corrected chi connectivity index (χ0v) is 16.0. The van der Waals surface area contributed by atoms with Crippen LogP contribution >= 0.6 is 11.3 Å². The van der Waals surface area contributed by atoms with Gasteiger partial charge in [0, 0.05) is 18.0 Å².